The van der Waals surface area contributed by atoms with Gasteiger partial charge in [0.05, 0.1) is 11.5 Å². The van der Waals surface area contributed by atoms with Crippen molar-refractivity contribution in [2.75, 3.05) is 26.4 Å². The van der Waals surface area contributed by atoms with E-state index in [1.165, 1.54) is 49.9 Å². The van der Waals surface area contributed by atoms with Crippen LogP contribution in [-0.4, -0.2) is 45.0 Å². The summed E-state index contributed by atoms with van der Waals surface area (Å²) < 4.78 is 28.9. The predicted molar refractivity (Wildman–Crippen MR) is 156 cm³/mol. The molecule has 0 heterocycles. The molecule has 0 saturated heterocycles. The fourth-order valence-corrected chi connectivity index (χ4v) is 4.56. The van der Waals surface area contributed by atoms with Crippen LogP contribution in [0.2, 0.25) is 0 Å². The van der Waals surface area contributed by atoms with Crippen LogP contribution in [0.15, 0.2) is 34.3 Å². The second-order valence-electron chi connectivity index (χ2n) is 9.24. The van der Waals surface area contributed by atoms with Gasteiger partial charge >= 0.3 is 29.6 Å². The minimum absolute atomic E-state index is 0. The molecule has 40 heavy (non-hydrogen) atoms. The number of hydrogen-bond acceptors (Lipinski definition) is 6. The third-order valence-electron chi connectivity index (χ3n) is 5.83. The molecule has 0 aliphatic carbocycles. The SMILES string of the molecule is Cc1ccc(S(=O)(=O)OCCCCCCCCCCO)cc1.[N-]=[N+]=NCCCCCCCCCCO.[N-]=[N+]=[N-].[Na+]. The zero-order valence-electron chi connectivity index (χ0n) is 24.7. The first-order valence-electron chi connectivity index (χ1n) is 14.1. The van der Waals surface area contributed by atoms with E-state index in [2.05, 4.69) is 10.0 Å². The maximum Gasteiger partial charge on any atom is 1.00 e. The van der Waals surface area contributed by atoms with Gasteiger partial charge in [0.1, 0.15) is 0 Å². The molecule has 0 amide bonds. The van der Waals surface area contributed by atoms with E-state index in [9.17, 15) is 8.42 Å². The Bertz CT molecular complexity index is 863. The second-order valence-corrected chi connectivity index (χ2v) is 10.9. The third kappa shape index (κ3) is 31.2. The van der Waals surface area contributed by atoms with Crippen LogP contribution in [0, 0.1) is 6.92 Å². The summed E-state index contributed by atoms with van der Waals surface area (Å²) in [6.45, 7) is 3.42. The van der Waals surface area contributed by atoms with Crippen molar-refractivity contribution >= 4 is 10.1 Å². The molecule has 2 N–H and O–H groups in total. The molecule has 0 aliphatic heterocycles. The van der Waals surface area contributed by atoms with E-state index in [4.69, 9.17) is 31.0 Å². The molecule has 0 fully saturated rings. The first kappa shape index (κ1) is 43.1. The van der Waals surface area contributed by atoms with Crippen molar-refractivity contribution in [2.45, 2.75) is 115 Å². The van der Waals surface area contributed by atoms with Gasteiger partial charge in [0.15, 0.2) is 0 Å². The molecule has 0 atom stereocenters. The number of nitrogens with zero attached hydrogens (tertiary/aromatic N) is 6. The van der Waals surface area contributed by atoms with E-state index in [1.807, 2.05) is 6.92 Å². The molecular formula is C27H49N6NaO5S. The van der Waals surface area contributed by atoms with Gasteiger partial charge in [-0.2, -0.15) is 8.42 Å². The van der Waals surface area contributed by atoms with Crippen molar-refractivity contribution < 1.29 is 52.4 Å². The van der Waals surface area contributed by atoms with Crippen LogP contribution in [0.4, 0.5) is 0 Å². The number of azide groups is 1. The standard InChI is InChI=1S/C17H28O4S.C10H21N3O.N3.Na/c1-16-10-12-17(13-11-16)22(19,20)21-15-9-7-5-3-2-4-6-8-14-18;11-13-12-9-7-5-3-1-2-4-6-8-10-14;1-3-2;/h10-13,18H,2-9,14-15H2,1H3;14H,1-10H2;;/q;;-1;+1. The van der Waals surface area contributed by atoms with Crippen LogP contribution in [0.3, 0.4) is 0 Å². The van der Waals surface area contributed by atoms with Gasteiger partial charge in [-0.15, -0.1) is 0 Å². The van der Waals surface area contributed by atoms with Crippen LogP contribution in [0.25, 0.3) is 26.4 Å². The zero-order chi connectivity index (χ0) is 29.5. The summed E-state index contributed by atoms with van der Waals surface area (Å²) in [7, 11) is -3.61. The van der Waals surface area contributed by atoms with Crippen LogP contribution in [0.5, 0.6) is 0 Å². The Kier molecular flexibility index (Phi) is 36.5. The zero-order valence-corrected chi connectivity index (χ0v) is 27.5. The average Bonchev–Trinajstić information content (AvgIpc) is 2.92. The molecule has 0 aromatic heterocycles. The number of unbranched alkanes of at least 4 members (excludes halogenated alkanes) is 14. The van der Waals surface area contributed by atoms with E-state index in [-0.39, 0.29) is 47.7 Å². The first-order chi connectivity index (χ1) is 18.9. The molecule has 1 aromatic carbocycles. The van der Waals surface area contributed by atoms with E-state index >= 15 is 0 Å². The summed E-state index contributed by atoms with van der Waals surface area (Å²) in [5.41, 5.74) is 22.6. The van der Waals surface area contributed by atoms with Gasteiger partial charge < -0.3 is 21.3 Å². The summed E-state index contributed by atoms with van der Waals surface area (Å²) in [4.78, 5) is 4.43. The normalized spacial score (nSPS) is 10.1. The molecule has 1 rings (SSSR count). The number of hydrogen-bond donors (Lipinski definition) is 2. The Hall–Kier alpha value is -1.33. The Morgan fingerprint density at radius 2 is 1.07 bits per heavy atom. The van der Waals surface area contributed by atoms with Crippen LogP contribution in [-0.2, 0) is 14.3 Å². The molecule has 0 unspecified atom stereocenters. The minimum atomic E-state index is -3.61. The van der Waals surface area contributed by atoms with Crippen molar-refractivity contribution in [3.05, 3.63) is 56.2 Å². The number of aliphatic hydroxyl groups is 2. The molecule has 0 radical (unpaired) electrons. The van der Waals surface area contributed by atoms with Gasteiger partial charge in [0.2, 0.25) is 0 Å². The second kappa shape index (κ2) is 33.9. The molecule has 224 valence electrons. The smallest absolute Gasteiger partial charge is 0.396 e. The maximum absolute atomic E-state index is 11.9. The van der Waals surface area contributed by atoms with Crippen molar-refractivity contribution in [1.82, 2.24) is 0 Å². The van der Waals surface area contributed by atoms with Gasteiger partial charge in [0, 0.05) is 24.7 Å². The Morgan fingerprint density at radius 1 is 0.700 bits per heavy atom. The predicted octanol–water partition coefficient (Wildman–Crippen LogP) is 5.09. The Morgan fingerprint density at radius 3 is 1.48 bits per heavy atom. The van der Waals surface area contributed by atoms with E-state index in [0.717, 1.165) is 63.4 Å². The van der Waals surface area contributed by atoms with Crippen LogP contribution < -0.4 is 29.6 Å². The van der Waals surface area contributed by atoms with Gasteiger partial charge in [-0.05, 0) is 50.3 Å². The van der Waals surface area contributed by atoms with E-state index in [1.54, 1.807) is 24.3 Å². The quantitative estimate of drug-likeness (QED) is 0.0472. The number of rotatable bonds is 22. The van der Waals surface area contributed by atoms with Crippen molar-refractivity contribution in [3.8, 4) is 0 Å². The number of aliphatic hydroxyl groups excluding tert-OH is 2. The van der Waals surface area contributed by atoms with Crippen LogP contribution >= 0.6 is 0 Å². The summed E-state index contributed by atoms with van der Waals surface area (Å²) in [6, 6.07) is 6.70. The fourth-order valence-electron chi connectivity index (χ4n) is 3.62. The average molecular weight is 593 g/mol. The first-order valence-corrected chi connectivity index (χ1v) is 15.5. The summed E-state index contributed by atoms with van der Waals surface area (Å²) in [6.07, 6.45) is 17.6. The largest absolute Gasteiger partial charge is 1.00 e. The fraction of sp³-hybridized carbons (Fsp3) is 0.778. The summed E-state index contributed by atoms with van der Waals surface area (Å²) >= 11 is 0. The van der Waals surface area contributed by atoms with Crippen LogP contribution in [0.1, 0.15) is 108 Å². The molecule has 1 aromatic rings. The van der Waals surface area contributed by atoms with Gasteiger partial charge in [-0.25, -0.2) is 0 Å². The molecule has 0 saturated carbocycles. The molecule has 0 aliphatic rings. The summed E-state index contributed by atoms with van der Waals surface area (Å²) in [5.74, 6) is 0. The number of benzene rings is 1. The molecule has 0 spiro atoms. The minimum Gasteiger partial charge on any atom is -0.396 e. The summed E-state index contributed by atoms with van der Waals surface area (Å²) in [5, 5.41) is 20.7. The molecule has 0 bridgehead atoms. The molecule has 11 nitrogen and oxygen atoms in total. The Balaban J connectivity index is -0.000000657. The van der Waals surface area contributed by atoms with Gasteiger partial charge in [0.25, 0.3) is 10.1 Å². The van der Waals surface area contributed by atoms with Crippen molar-refractivity contribution in [1.29, 1.82) is 0 Å². The third-order valence-corrected chi connectivity index (χ3v) is 7.16. The van der Waals surface area contributed by atoms with E-state index < -0.39 is 10.1 Å². The Labute approximate surface area is 263 Å². The number of aryl methyl sites for hydroxylation is 1. The molecule has 13 heteroatoms. The van der Waals surface area contributed by atoms with Gasteiger partial charge in [-0.3, -0.25) is 9.09 Å². The maximum atomic E-state index is 11.9. The molecular weight excluding hydrogens is 543 g/mol. The monoisotopic (exact) mass is 592 g/mol. The van der Waals surface area contributed by atoms with Crippen molar-refractivity contribution in [2.24, 2.45) is 5.11 Å². The van der Waals surface area contributed by atoms with E-state index in [0.29, 0.717) is 13.2 Å². The van der Waals surface area contributed by atoms with Crippen molar-refractivity contribution in [3.63, 3.8) is 0 Å². The van der Waals surface area contributed by atoms with Gasteiger partial charge in [-0.1, -0.05) is 99.9 Å². The topological polar surface area (TPSA) is 191 Å².